The number of benzene rings is 3. The number of anilines is 2. The number of nitrogens with one attached hydrogen (secondary N) is 2. The van der Waals surface area contributed by atoms with Crippen molar-refractivity contribution in [3.05, 3.63) is 89.7 Å². The van der Waals surface area contributed by atoms with Crippen molar-refractivity contribution in [1.82, 2.24) is 5.32 Å². The van der Waals surface area contributed by atoms with Gasteiger partial charge in [0.2, 0.25) is 6.17 Å². The van der Waals surface area contributed by atoms with Crippen molar-refractivity contribution in [3.63, 3.8) is 0 Å². The molecule has 0 bridgehead atoms. The van der Waals surface area contributed by atoms with Gasteiger partial charge in [0.25, 0.3) is 5.91 Å². The zero-order chi connectivity index (χ0) is 25.2. The molecular weight excluding hydrogens is 482 g/mol. The molecule has 9 nitrogen and oxygen atoms in total. The number of rotatable bonds is 5. The van der Waals surface area contributed by atoms with Crippen LogP contribution in [0.25, 0.3) is 0 Å². The quantitative estimate of drug-likeness (QED) is 0.521. The number of para-hydroxylation sites is 1. The number of benzodiazepines with no additional fused rings is 1. The first-order valence-electron chi connectivity index (χ1n) is 10.1. The van der Waals surface area contributed by atoms with Crippen LogP contribution in [0.4, 0.5) is 24.4 Å². The van der Waals surface area contributed by atoms with Crippen molar-refractivity contribution in [1.29, 1.82) is 0 Å². The van der Waals surface area contributed by atoms with E-state index in [2.05, 4.69) is 19.8 Å². The third-order valence-electron chi connectivity index (χ3n) is 5.05. The number of carbonyl (C=O) groups excluding carboxylic acids is 2. The molecule has 0 saturated heterocycles. The van der Waals surface area contributed by atoms with Gasteiger partial charge in [0.1, 0.15) is 11.6 Å². The van der Waals surface area contributed by atoms with Crippen LogP contribution in [0.15, 0.2) is 77.8 Å². The molecule has 2 N–H and O–H groups in total. The SMILES string of the molecule is CN1C(=O)C(NC(=O)Nc2ccc(OS(=O)(=O)F)cc2)N=C(c2ccccc2F)c2ccccc21. The summed E-state index contributed by atoms with van der Waals surface area (Å²) in [5.41, 5.74) is 1.55. The van der Waals surface area contributed by atoms with Crippen molar-refractivity contribution >= 4 is 39.5 Å². The van der Waals surface area contributed by atoms with E-state index in [1.165, 1.54) is 42.3 Å². The number of aliphatic imine (C=N–C) groups is 1. The standard InChI is InChI=1S/C23H18F2N4O5S/c1-29-19-9-5-3-7-17(19)20(16-6-2-4-8-18(16)24)27-21(22(29)30)28-23(31)26-14-10-12-15(13-11-14)34-35(25,32)33/h2-13,21H,1H3,(H2,26,28,31). The Bertz CT molecular complexity index is 1430. The van der Waals surface area contributed by atoms with Crippen LogP contribution < -0.4 is 19.7 Å². The fourth-order valence-electron chi connectivity index (χ4n) is 3.48. The molecule has 3 aromatic rings. The van der Waals surface area contributed by atoms with Gasteiger partial charge in [0, 0.05) is 23.9 Å². The summed E-state index contributed by atoms with van der Waals surface area (Å²) < 4.78 is 52.5. The lowest BCUT2D eigenvalue weighted by molar-refractivity contribution is -0.119. The minimum absolute atomic E-state index is 0.161. The number of likely N-dealkylation sites (N-methyl/N-ethyl adjacent to an activating group) is 1. The minimum atomic E-state index is -5.18. The molecule has 3 amide bonds. The molecule has 0 aromatic heterocycles. The van der Waals surface area contributed by atoms with Gasteiger partial charge in [0.05, 0.1) is 11.4 Å². The highest BCUT2D eigenvalue weighted by Gasteiger charge is 2.31. The molecule has 1 atom stereocenters. The molecule has 0 radical (unpaired) electrons. The van der Waals surface area contributed by atoms with Crippen LogP contribution in [-0.2, 0) is 15.3 Å². The number of carbonyl (C=O) groups is 2. The summed E-state index contributed by atoms with van der Waals surface area (Å²) in [6, 6.07) is 16.8. The Kier molecular flexibility index (Phi) is 6.47. The van der Waals surface area contributed by atoms with Crippen LogP contribution in [-0.4, -0.2) is 39.3 Å². The number of urea groups is 1. The lowest BCUT2D eigenvalue weighted by atomic mass is 10.00. The first-order chi connectivity index (χ1) is 16.6. The van der Waals surface area contributed by atoms with E-state index >= 15 is 0 Å². The van der Waals surface area contributed by atoms with Gasteiger partial charge in [-0.2, -0.15) is 8.42 Å². The van der Waals surface area contributed by atoms with Crippen LogP contribution in [0.5, 0.6) is 5.75 Å². The van der Waals surface area contributed by atoms with Gasteiger partial charge in [-0.05, 0) is 42.5 Å². The Balaban J connectivity index is 1.61. The summed E-state index contributed by atoms with van der Waals surface area (Å²) in [5.74, 6) is -1.40. The average molecular weight is 500 g/mol. The first-order valence-corrected chi connectivity index (χ1v) is 11.4. The van der Waals surface area contributed by atoms with E-state index in [4.69, 9.17) is 0 Å². The summed E-state index contributed by atoms with van der Waals surface area (Å²) in [4.78, 5) is 31.4. The minimum Gasteiger partial charge on any atom is -0.358 e. The van der Waals surface area contributed by atoms with E-state index in [-0.39, 0.29) is 22.7 Å². The third-order valence-corrected chi connectivity index (χ3v) is 5.44. The molecule has 1 unspecified atom stereocenters. The van der Waals surface area contributed by atoms with Gasteiger partial charge in [0.15, 0.2) is 0 Å². The number of fused-ring (bicyclic) bond motifs is 1. The van der Waals surface area contributed by atoms with Crippen LogP contribution in [0, 0.1) is 5.82 Å². The molecule has 180 valence electrons. The molecule has 1 aliphatic rings. The van der Waals surface area contributed by atoms with Crippen LogP contribution in [0.2, 0.25) is 0 Å². The van der Waals surface area contributed by atoms with Crippen LogP contribution >= 0.6 is 0 Å². The van der Waals surface area contributed by atoms with Crippen LogP contribution in [0.3, 0.4) is 0 Å². The summed E-state index contributed by atoms with van der Waals surface area (Å²) in [6.07, 6.45) is -1.39. The molecule has 0 aliphatic carbocycles. The Morgan fingerprint density at radius 3 is 2.29 bits per heavy atom. The Morgan fingerprint density at radius 1 is 1.00 bits per heavy atom. The van der Waals surface area contributed by atoms with Gasteiger partial charge in [-0.3, -0.25) is 4.79 Å². The zero-order valence-electron chi connectivity index (χ0n) is 18.1. The second-order valence-corrected chi connectivity index (χ2v) is 8.33. The first kappa shape index (κ1) is 23.8. The monoisotopic (exact) mass is 500 g/mol. The summed E-state index contributed by atoms with van der Waals surface area (Å²) >= 11 is 0. The summed E-state index contributed by atoms with van der Waals surface area (Å²) in [6.45, 7) is 0. The highest BCUT2D eigenvalue weighted by atomic mass is 32.3. The number of halogens is 2. The van der Waals surface area contributed by atoms with Gasteiger partial charge in [-0.1, -0.05) is 34.2 Å². The molecule has 12 heteroatoms. The highest BCUT2D eigenvalue weighted by Crippen LogP contribution is 2.28. The molecule has 1 heterocycles. The predicted octanol–water partition coefficient (Wildman–Crippen LogP) is 3.38. The lowest BCUT2D eigenvalue weighted by Crippen LogP contribution is -2.47. The van der Waals surface area contributed by atoms with E-state index in [1.54, 1.807) is 30.3 Å². The smallest absolute Gasteiger partial charge is 0.358 e. The van der Waals surface area contributed by atoms with Gasteiger partial charge < -0.3 is 19.7 Å². The molecule has 4 rings (SSSR count). The van der Waals surface area contributed by atoms with Crippen LogP contribution in [0.1, 0.15) is 11.1 Å². The highest BCUT2D eigenvalue weighted by molar-refractivity contribution is 7.81. The number of amides is 3. The molecule has 35 heavy (non-hydrogen) atoms. The fraction of sp³-hybridized carbons (Fsp3) is 0.0870. The number of nitrogens with zero attached hydrogens (tertiary/aromatic N) is 2. The Hall–Kier alpha value is -4.32. The second kappa shape index (κ2) is 9.50. The van der Waals surface area contributed by atoms with E-state index in [1.807, 2.05) is 0 Å². The normalized spacial score (nSPS) is 15.5. The maximum atomic E-state index is 14.7. The maximum Gasteiger partial charge on any atom is 0.488 e. The second-order valence-electron chi connectivity index (χ2n) is 7.37. The van der Waals surface area contributed by atoms with Crippen molar-refractivity contribution in [2.24, 2.45) is 4.99 Å². The van der Waals surface area contributed by atoms with Crippen molar-refractivity contribution in [2.75, 3.05) is 17.3 Å². The molecule has 0 fully saturated rings. The van der Waals surface area contributed by atoms with Crippen molar-refractivity contribution in [3.8, 4) is 5.75 Å². The molecule has 1 aliphatic heterocycles. The van der Waals surface area contributed by atoms with Gasteiger partial charge >= 0.3 is 16.5 Å². The Labute approximate surface area is 199 Å². The van der Waals surface area contributed by atoms with E-state index in [0.717, 1.165) is 12.1 Å². The topological polar surface area (TPSA) is 117 Å². The molecule has 0 spiro atoms. The van der Waals surface area contributed by atoms with E-state index in [9.17, 15) is 26.3 Å². The Morgan fingerprint density at radius 2 is 1.63 bits per heavy atom. The maximum absolute atomic E-state index is 14.7. The third kappa shape index (κ3) is 5.44. The van der Waals surface area contributed by atoms with Crippen molar-refractivity contribution in [2.45, 2.75) is 6.17 Å². The number of hydrogen-bond donors (Lipinski definition) is 2. The van der Waals surface area contributed by atoms with E-state index in [0.29, 0.717) is 11.3 Å². The molecule has 3 aromatic carbocycles. The summed E-state index contributed by atoms with van der Waals surface area (Å²) in [5, 5.41) is 4.92. The fourth-order valence-corrected chi connectivity index (χ4v) is 3.83. The lowest BCUT2D eigenvalue weighted by Gasteiger charge is -2.21. The summed E-state index contributed by atoms with van der Waals surface area (Å²) in [7, 11) is -3.67. The average Bonchev–Trinajstić information content (AvgIpc) is 2.91. The van der Waals surface area contributed by atoms with E-state index < -0.39 is 34.4 Å². The van der Waals surface area contributed by atoms with Crippen molar-refractivity contribution < 1.29 is 30.5 Å². The molecular formula is C23H18F2N4O5S. The zero-order valence-corrected chi connectivity index (χ0v) is 18.9. The number of hydrogen-bond acceptors (Lipinski definition) is 6. The predicted molar refractivity (Wildman–Crippen MR) is 125 cm³/mol. The largest absolute Gasteiger partial charge is 0.488 e. The molecule has 0 saturated carbocycles. The van der Waals surface area contributed by atoms with Gasteiger partial charge in [-0.25, -0.2) is 14.2 Å². The van der Waals surface area contributed by atoms with Gasteiger partial charge in [-0.15, -0.1) is 0 Å².